The average molecular weight is 256 g/mol. The Bertz CT molecular complexity index is 347. The summed E-state index contributed by atoms with van der Waals surface area (Å²) in [5, 5.41) is 0. The zero-order chi connectivity index (χ0) is 14.0. The highest BCUT2D eigenvalue weighted by molar-refractivity contribution is 5.79. The largest absolute Gasteiger partial charge is 0.497 e. The van der Waals surface area contributed by atoms with Crippen molar-refractivity contribution < 1.29 is 23.7 Å². The van der Waals surface area contributed by atoms with E-state index in [1.165, 1.54) is 7.11 Å². The van der Waals surface area contributed by atoms with Gasteiger partial charge in [-0.3, -0.25) is 4.79 Å². The van der Waals surface area contributed by atoms with E-state index in [2.05, 4.69) is 9.47 Å². The van der Waals surface area contributed by atoms with Gasteiger partial charge in [0.1, 0.15) is 11.5 Å². The van der Waals surface area contributed by atoms with E-state index in [1.807, 2.05) is 6.92 Å². The van der Waals surface area contributed by atoms with Crippen LogP contribution in [0.15, 0.2) is 18.2 Å². The summed E-state index contributed by atoms with van der Waals surface area (Å²) in [5.41, 5.74) is 0.526. The van der Waals surface area contributed by atoms with Crippen LogP contribution in [0.5, 0.6) is 11.5 Å². The van der Waals surface area contributed by atoms with Gasteiger partial charge in [0.05, 0.1) is 19.8 Å². The van der Waals surface area contributed by atoms with Crippen LogP contribution in [0.25, 0.3) is 0 Å². The lowest BCUT2D eigenvalue weighted by Gasteiger charge is -2.05. The lowest BCUT2D eigenvalue weighted by Crippen LogP contribution is -2.05. The van der Waals surface area contributed by atoms with Crippen molar-refractivity contribution in [1.29, 1.82) is 0 Å². The van der Waals surface area contributed by atoms with E-state index in [1.54, 1.807) is 39.5 Å². The average Bonchev–Trinajstić information content (AvgIpc) is 2.46. The molecule has 18 heavy (non-hydrogen) atoms. The molecule has 0 saturated carbocycles. The summed E-state index contributed by atoms with van der Waals surface area (Å²) in [6.07, 6.45) is 0.683. The summed E-state index contributed by atoms with van der Waals surface area (Å²) >= 11 is 0. The highest BCUT2D eigenvalue weighted by atomic mass is 16.7. The quantitative estimate of drug-likeness (QED) is 0.596. The first-order valence-electron chi connectivity index (χ1n) is 5.35. The lowest BCUT2D eigenvalue weighted by atomic mass is 10.2. The number of carbonyl (C=O) groups excluding carboxylic acids is 1. The second-order valence-corrected chi connectivity index (χ2v) is 3.26. The normalized spacial score (nSPS) is 9.44. The third-order valence-corrected chi connectivity index (χ3v) is 2.23. The van der Waals surface area contributed by atoms with Crippen LogP contribution < -0.4 is 9.47 Å². The molecule has 0 aromatic heterocycles. The molecule has 0 amide bonds. The van der Waals surface area contributed by atoms with E-state index in [-0.39, 0.29) is 6.29 Å². The number of rotatable bonds is 5. The second-order valence-electron chi connectivity index (χ2n) is 3.26. The smallest absolute Gasteiger partial charge is 0.154 e. The lowest BCUT2D eigenvalue weighted by molar-refractivity contribution is -0.0877. The Morgan fingerprint density at radius 2 is 1.67 bits per heavy atom. The van der Waals surface area contributed by atoms with E-state index < -0.39 is 0 Å². The molecular weight excluding hydrogens is 236 g/mol. The standard InChI is InChI=1S/C9H10O3.C4H10O2/c1-11-8-4-3-7(6-10)9(5-8)12-2;1-4(5-2)6-3/h3-6H,1-2H3;4H,1-3H3. The molecule has 0 aliphatic rings. The molecule has 5 nitrogen and oxygen atoms in total. The Kier molecular flexibility index (Phi) is 8.61. The highest BCUT2D eigenvalue weighted by Gasteiger charge is 2.02. The minimum absolute atomic E-state index is 0.0648. The van der Waals surface area contributed by atoms with Gasteiger partial charge in [-0.15, -0.1) is 0 Å². The maximum absolute atomic E-state index is 10.5. The number of hydrogen-bond donors (Lipinski definition) is 0. The highest BCUT2D eigenvalue weighted by Crippen LogP contribution is 2.22. The van der Waals surface area contributed by atoms with Gasteiger partial charge in [0.2, 0.25) is 0 Å². The fourth-order valence-corrected chi connectivity index (χ4v) is 1.01. The van der Waals surface area contributed by atoms with Gasteiger partial charge in [-0.2, -0.15) is 0 Å². The molecule has 1 aromatic rings. The van der Waals surface area contributed by atoms with Crippen molar-refractivity contribution in [1.82, 2.24) is 0 Å². The summed E-state index contributed by atoms with van der Waals surface area (Å²) in [5.74, 6) is 1.21. The van der Waals surface area contributed by atoms with E-state index in [4.69, 9.17) is 9.47 Å². The number of ether oxygens (including phenoxy) is 4. The molecule has 5 heteroatoms. The van der Waals surface area contributed by atoms with Crippen LogP contribution in [0.1, 0.15) is 17.3 Å². The summed E-state index contributed by atoms with van der Waals surface area (Å²) in [6.45, 7) is 1.83. The van der Waals surface area contributed by atoms with E-state index in [9.17, 15) is 4.79 Å². The molecule has 0 unspecified atom stereocenters. The molecule has 0 saturated heterocycles. The van der Waals surface area contributed by atoms with Crippen LogP contribution >= 0.6 is 0 Å². The van der Waals surface area contributed by atoms with Crippen molar-refractivity contribution >= 4 is 6.29 Å². The molecule has 0 spiro atoms. The summed E-state index contributed by atoms with van der Waals surface area (Å²) < 4.78 is 19.3. The fourth-order valence-electron chi connectivity index (χ4n) is 1.01. The molecule has 0 heterocycles. The topological polar surface area (TPSA) is 54.0 Å². The number of hydrogen-bond acceptors (Lipinski definition) is 5. The number of benzene rings is 1. The minimum atomic E-state index is -0.0648. The molecule has 0 N–H and O–H groups in total. The Labute approximate surface area is 108 Å². The maximum Gasteiger partial charge on any atom is 0.154 e. The molecule has 0 fully saturated rings. The first-order chi connectivity index (χ1) is 8.62. The molecule has 0 radical (unpaired) electrons. The van der Waals surface area contributed by atoms with Crippen LogP contribution in [-0.4, -0.2) is 41.0 Å². The molecule has 102 valence electrons. The van der Waals surface area contributed by atoms with Crippen molar-refractivity contribution in [2.45, 2.75) is 13.2 Å². The van der Waals surface area contributed by atoms with Gasteiger partial charge in [0.15, 0.2) is 12.6 Å². The van der Waals surface area contributed by atoms with Crippen LogP contribution in [0.2, 0.25) is 0 Å². The van der Waals surface area contributed by atoms with Gasteiger partial charge in [-0.05, 0) is 19.1 Å². The van der Waals surface area contributed by atoms with Crippen molar-refractivity contribution in [3.8, 4) is 11.5 Å². The molecule has 1 rings (SSSR count). The molecule has 1 aromatic carbocycles. The van der Waals surface area contributed by atoms with E-state index in [0.29, 0.717) is 17.1 Å². The van der Waals surface area contributed by atoms with Crippen LogP contribution in [0.3, 0.4) is 0 Å². The van der Waals surface area contributed by atoms with Crippen molar-refractivity contribution in [2.75, 3.05) is 28.4 Å². The van der Waals surface area contributed by atoms with Crippen molar-refractivity contribution in [3.05, 3.63) is 23.8 Å². The van der Waals surface area contributed by atoms with E-state index in [0.717, 1.165) is 6.29 Å². The Balaban J connectivity index is 0.000000411. The number of methoxy groups -OCH3 is 4. The summed E-state index contributed by atoms with van der Waals surface area (Å²) in [6, 6.07) is 5.04. The Hall–Kier alpha value is -1.59. The van der Waals surface area contributed by atoms with Gasteiger partial charge in [-0.1, -0.05) is 0 Å². The molecule has 0 atom stereocenters. The predicted molar refractivity (Wildman–Crippen MR) is 68.4 cm³/mol. The van der Waals surface area contributed by atoms with Crippen LogP contribution in [-0.2, 0) is 9.47 Å². The first kappa shape index (κ1) is 16.4. The van der Waals surface area contributed by atoms with Gasteiger partial charge in [0, 0.05) is 20.3 Å². The van der Waals surface area contributed by atoms with Gasteiger partial charge >= 0.3 is 0 Å². The van der Waals surface area contributed by atoms with Crippen LogP contribution in [0, 0.1) is 0 Å². The molecule has 0 aliphatic carbocycles. The predicted octanol–water partition coefficient (Wildman–Crippen LogP) is 2.14. The van der Waals surface area contributed by atoms with Gasteiger partial charge in [-0.25, -0.2) is 0 Å². The Morgan fingerprint density at radius 1 is 1.06 bits per heavy atom. The number of aldehydes is 1. The first-order valence-corrected chi connectivity index (χ1v) is 5.35. The Morgan fingerprint density at radius 3 is 2.00 bits per heavy atom. The molecular formula is C13H20O5. The number of carbonyl (C=O) groups is 1. The van der Waals surface area contributed by atoms with Gasteiger partial charge < -0.3 is 18.9 Å². The SMILES string of the molecule is COC(C)OC.COc1ccc(C=O)c(OC)c1. The molecule has 0 aliphatic heterocycles. The molecule has 0 bridgehead atoms. The van der Waals surface area contributed by atoms with Gasteiger partial charge in [0.25, 0.3) is 0 Å². The maximum atomic E-state index is 10.5. The van der Waals surface area contributed by atoms with Crippen molar-refractivity contribution in [3.63, 3.8) is 0 Å². The zero-order valence-corrected chi connectivity index (χ0v) is 11.4. The fraction of sp³-hybridized carbons (Fsp3) is 0.462. The van der Waals surface area contributed by atoms with Crippen molar-refractivity contribution in [2.24, 2.45) is 0 Å². The third kappa shape index (κ3) is 5.65. The minimum Gasteiger partial charge on any atom is -0.497 e. The summed E-state index contributed by atoms with van der Waals surface area (Å²) in [7, 11) is 6.29. The second kappa shape index (κ2) is 9.44. The van der Waals surface area contributed by atoms with Crippen LogP contribution in [0.4, 0.5) is 0 Å². The zero-order valence-electron chi connectivity index (χ0n) is 11.4. The summed E-state index contributed by atoms with van der Waals surface area (Å²) in [4.78, 5) is 10.5. The monoisotopic (exact) mass is 256 g/mol. The third-order valence-electron chi connectivity index (χ3n) is 2.23. The van der Waals surface area contributed by atoms with E-state index >= 15 is 0 Å².